The summed E-state index contributed by atoms with van der Waals surface area (Å²) in [6.07, 6.45) is 5.83. The lowest BCUT2D eigenvalue weighted by molar-refractivity contribution is 0.0991. The average molecular weight is 467 g/mol. The Kier molecular flexibility index (Phi) is 6.23. The second-order valence-corrected chi connectivity index (χ2v) is 12.1. The first-order valence-electron chi connectivity index (χ1n) is 10.5. The molecular weight excluding hydrogens is 440 g/mol. The van der Waals surface area contributed by atoms with Crippen molar-refractivity contribution in [3.05, 3.63) is 42.2 Å². The van der Waals surface area contributed by atoms with Crippen LogP contribution in [0.1, 0.15) is 55.5 Å². The van der Waals surface area contributed by atoms with Gasteiger partial charge >= 0.3 is 0 Å². The van der Waals surface area contributed by atoms with E-state index in [0.717, 1.165) is 32.1 Å². The van der Waals surface area contributed by atoms with Gasteiger partial charge in [-0.1, -0.05) is 19.3 Å². The van der Waals surface area contributed by atoms with E-state index in [1.807, 2.05) is 0 Å². The number of carbonyl (C=O) groups excluding carboxylic acids is 1. The summed E-state index contributed by atoms with van der Waals surface area (Å²) in [4.78, 5) is 12.7. The van der Waals surface area contributed by atoms with Crippen LogP contribution in [0.15, 0.2) is 50.8 Å². The van der Waals surface area contributed by atoms with Crippen molar-refractivity contribution in [2.75, 3.05) is 18.4 Å². The molecule has 2 heterocycles. The van der Waals surface area contributed by atoms with Crippen LogP contribution < -0.4 is 5.32 Å². The van der Waals surface area contributed by atoms with Crippen molar-refractivity contribution >= 4 is 31.5 Å². The van der Waals surface area contributed by atoms with Gasteiger partial charge in [0.15, 0.2) is 15.6 Å². The molecule has 1 aliphatic carbocycles. The summed E-state index contributed by atoms with van der Waals surface area (Å²) in [5.74, 6) is -0.732. The molecule has 1 amide bonds. The molecule has 1 saturated heterocycles. The molecule has 1 aliphatic heterocycles. The first-order chi connectivity index (χ1) is 14.8. The van der Waals surface area contributed by atoms with Crippen LogP contribution in [-0.4, -0.2) is 45.4 Å². The minimum atomic E-state index is -3.76. The van der Waals surface area contributed by atoms with Crippen LogP contribution in [-0.2, 0) is 19.9 Å². The monoisotopic (exact) mass is 466 g/mol. The summed E-state index contributed by atoms with van der Waals surface area (Å²) < 4.78 is 57.4. The highest BCUT2D eigenvalue weighted by molar-refractivity contribution is 7.92. The number of piperidine rings is 1. The molecule has 2 aromatic rings. The number of amides is 1. The number of sulfone groups is 1. The molecule has 1 aromatic carbocycles. The van der Waals surface area contributed by atoms with Crippen molar-refractivity contribution < 1.29 is 26.0 Å². The fourth-order valence-corrected chi connectivity index (χ4v) is 7.41. The molecule has 1 N–H and O–H groups in total. The molecule has 10 heteroatoms. The van der Waals surface area contributed by atoms with E-state index in [0.29, 0.717) is 31.6 Å². The van der Waals surface area contributed by atoms with Crippen molar-refractivity contribution in [2.45, 2.75) is 60.2 Å². The van der Waals surface area contributed by atoms with Gasteiger partial charge in [0.1, 0.15) is 0 Å². The normalized spacial score (nSPS) is 18.8. The second kappa shape index (κ2) is 8.76. The van der Waals surface area contributed by atoms with E-state index in [1.54, 1.807) is 0 Å². The molecule has 31 heavy (non-hydrogen) atoms. The first kappa shape index (κ1) is 22.0. The third-order valence-corrected chi connectivity index (χ3v) is 9.95. The number of nitrogens with one attached hydrogen (secondary N) is 1. The Balaban J connectivity index is 1.44. The van der Waals surface area contributed by atoms with Crippen LogP contribution in [0.5, 0.6) is 0 Å². The Labute approximate surface area is 182 Å². The number of rotatable bonds is 6. The van der Waals surface area contributed by atoms with E-state index in [4.69, 9.17) is 4.42 Å². The maximum atomic E-state index is 12.7. The lowest BCUT2D eigenvalue weighted by atomic mass is 10.2. The highest BCUT2D eigenvalue weighted by Gasteiger charge is 2.31. The van der Waals surface area contributed by atoms with Gasteiger partial charge in [0.05, 0.1) is 10.1 Å². The van der Waals surface area contributed by atoms with Crippen LogP contribution in [0.25, 0.3) is 0 Å². The zero-order chi connectivity index (χ0) is 22.1. The maximum absolute atomic E-state index is 12.7. The Morgan fingerprint density at radius 1 is 0.871 bits per heavy atom. The molecule has 2 fully saturated rings. The summed E-state index contributed by atoms with van der Waals surface area (Å²) in [6.45, 7) is 0.890. The van der Waals surface area contributed by atoms with E-state index < -0.39 is 25.8 Å². The summed E-state index contributed by atoms with van der Waals surface area (Å²) >= 11 is 0. The van der Waals surface area contributed by atoms with Gasteiger partial charge in [-0.25, -0.2) is 16.8 Å². The zero-order valence-electron chi connectivity index (χ0n) is 17.1. The van der Waals surface area contributed by atoms with Gasteiger partial charge in [-0.15, -0.1) is 0 Å². The Morgan fingerprint density at radius 3 is 2.16 bits per heavy atom. The number of furan rings is 1. The Hall–Kier alpha value is -2.17. The predicted octanol–water partition coefficient (Wildman–Crippen LogP) is 3.42. The molecule has 0 spiro atoms. The van der Waals surface area contributed by atoms with Gasteiger partial charge in [-0.2, -0.15) is 4.31 Å². The minimum absolute atomic E-state index is 0.127. The van der Waals surface area contributed by atoms with Crippen LogP contribution >= 0.6 is 0 Å². The van der Waals surface area contributed by atoms with E-state index >= 15 is 0 Å². The lowest BCUT2D eigenvalue weighted by Gasteiger charge is -2.24. The SMILES string of the molecule is O=C(Nc1ccc(S(=O)(=O)C2CCCC2)cc1)c1ccc(S(=O)(=O)N2CCCCC2)o1. The molecule has 1 aromatic heterocycles. The third kappa shape index (κ3) is 4.56. The van der Waals surface area contributed by atoms with Gasteiger partial charge in [0.25, 0.3) is 15.9 Å². The van der Waals surface area contributed by atoms with Gasteiger partial charge < -0.3 is 9.73 Å². The number of sulfonamides is 1. The molecule has 0 unspecified atom stereocenters. The van der Waals surface area contributed by atoms with Crippen molar-refractivity contribution in [3.63, 3.8) is 0 Å². The van der Waals surface area contributed by atoms with E-state index in [-0.39, 0.29) is 21.0 Å². The molecular formula is C21H26N2O6S2. The van der Waals surface area contributed by atoms with Crippen LogP contribution in [0.2, 0.25) is 0 Å². The quantitative estimate of drug-likeness (QED) is 0.698. The van der Waals surface area contributed by atoms with Gasteiger partial charge in [-0.05, 0) is 62.1 Å². The number of nitrogens with zero attached hydrogens (tertiary/aromatic N) is 1. The fourth-order valence-electron chi connectivity index (χ4n) is 4.13. The summed E-state index contributed by atoms with van der Waals surface area (Å²) in [6, 6.07) is 8.62. The topological polar surface area (TPSA) is 114 Å². The summed E-state index contributed by atoms with van der Waals surface area (Å²) in [5.41, 5.74) is 0.396. The predicted molar refractivity (Wildman–Crippen MR) is 115 cm³/mol. The summed E-state index contributed by atoms with van der Waals surface area (Å²) in [7, 11) is -7.12. The highest BCUT2D eigenvalue weighted by atomic mass is 32.2. The lowest BCUT2D eigenvalue weighted by Crippen LogP contribution is -2.35. The van der Waals surface area contributed by atoms with Crippen molar-refractivity contribution in [1.29, 1.82) is 0 Å². The van der Waals surface area contributed by atoms with Gasteiger partial charge in [0.2, 0.25) is 5.09 Å². The number of carbonyl (C=O) groups is 1. The number of hydrogen-bond donors (Lipinski definition) is 1. The zero-order valence-corrected chi connectivity index (χ0v) is 18.8. The molecule has 2 aliphatic rings. The Bertz CT molecular complexity index is 1140. The van der Waals surface area contributed by atoms with E-state index in [2.05, 4.69) is 5.32 Å². The molecule has 1 saturated carbocycles. The third-order valence-electron chi connectivity index (χ3n) is 5.90. The number of hydrogen-bond acceptors (Lipinski definition) is 6. The highest BCUT2D eigenvalue weighted by Crippen LogP contribution is 2.30. The van der Waals surface area contributed by atoms with Gasteiger partial charge in [-0.3, -0.25) is 4.79 Å². The van der Waals surface area contributed by atoms with Gasteiger partial charge in [0, 0.05) is 18.8 Å². The molecule has 4 rings (SSSR count). The first-order valence-corrected chi connectivity index (χ1v) is 13.5. The minimum Gasteiger partial charge on any atom is -0.438 e. The van der Waals surface area contributed by atoms with Crippen molar-refractivity contribution in [2.24, 2.45) is 0 Å². The maximum Gasteiger partial charge on any atom is 0.291 e. The van der Waals surface area contributed by atoms with Crippen LogP contribution in [0, 0.1) is 0 Å². The fraction of sp³-hybridized carbons (Fsp3) is 0.476. The smallest absolute Gasteiger partial charge is 0.291 e. The van der Waals surface area contributed by atoms with Crippen molar-refractivity contribution in [1.82, 2.24) is 4.31 Å². The molecule has 0 radical (unpaired) electrons. The van der Waals surface area contributed by atoms with E-state index in [9.17, 15) is 21.6 Å². The largest absolute Gasteiger partial charge is 0.438 e. The summed E-state index contributed by atoms with van der Waals surface area (Å²) in [5, 5.41) is 2.03. The van der Waals surface area contributed by atoms with Crippen LogP contribution in [0.4, 0.5) is 5.69 Å². The standard InChI is InChI=1S/C21H26N2O6S2/c24-21(19-12-13-20(29-19)31(27,28)23-14-4-1-5-15-23)22-16-8-10-18(11-9-16)30(25,26)17-6-2-3-7-17/h8-13,17H,1-7,14-15H2,(H,22,24). The van der Waals surface area contributed by atoms with E-state index in [1.165, 1.54) is 40.7 Å². The molecule has 168 valence electrons. The number of benzene rings is 1. The molecule has 8 nitrogen and oxygen atoms in total. The van der Waals surface area contributed by atoms with Crippen LogP contribution in [0.3, 0.4) is 0 Å². The Morgan fingerprint density at radius 2 is 1.52 bits per heavy atom. The molecule has 0 atom stereocenters. The second-order valence-electron chi connectivity index (χ2n) is 8.01. The molecule has 0 bridgehead atoms. The van der Waals surface area contributed by atoms with Crippen molar-refractivity contribution in [3.8, 4) is 0 Å². The average Bonchev–Trinajstić information content (AvgIpc) is 3.48. The number of anilines is 1.